The van der Waals surface area contributed by atoms with Crippen LogP contribution in [-0.4, -0.2) is 29.1 Å². The van der Waals surface area contributed by atoms with Crippen LogP contribution >= 0.6 is 0 Å². The number of aromatic nitrogens is 3. The third-order valence-electron chi connectivity index (χ3n) is 3.59. The van der Waals surface area contributed by atoms with Gasteiger partial charge in [0.15, 0.2) is 0 Å². The minimum absolute atomic E-state index is 0.361. The molecule has 0 saturated heterocycles. The van der Waals surface area contributed by atoms with Crippen molar-refractivity contribution in [1.82, 2.24) is 15.0 Å². The van der Waals surface area contributed by atoms with E-state index in [9.17, 15) is 0 Å². The van der Waals surface area contributed by atoms with Crippen LogP contribution < -0.4 is 10.6 Å². The minimum atomic E-state index is 0.361. The van der Waals surface area contributed by atoms with E-state index in [1.807, 2.05) is 61.2 Å². The van der Waals surface area contributed by atoms with Crippen molar-refractivity contribution in [1.29, 1.82) is 0 Å². The zero-order valence-corrected chi connectivity index (χ0v) is 12.8. The Labute approximate surface area is 130 Å². The SMILES string of the molecule is CN(C)c1ccc(-n2nnc(CN)c2-c2ccccc2)cc1. The number of hydrogen-bond acceptors (Lipinski definition) is 4. The molecule has 0 fully saturated rings. The summed E-state index contributed by atoms with van der Waals surface area (Å²) in [5, 5.41) is 8.50. The molecule has 1 heterocycles. The highest BCUT2D eigenvalue weighted by Gasteiger charge is 2.15. The fraction of sp³-hybridized carbons (Fsp3) is 0.176. The number of nitrogens with two attached hydrogens (primary N) is 1. The van der Waals surface area contributed by atoms with Crippen LogP contribution in [0.4, 0.5) is 5.69 Å². The summed E-state index contributed by atoms with van der Waals surface area (Å²) in [4.78, 5) is 2.06. The smallest absolute Gasteiger partial charge is 0.105 e. The van der Waals surface area contributed by atoms with E-state index in [2.05, 4.69) is 27.3 Å². The zero-order chi connectivity index (χ0) is 15.5. The Morgan fingerprint density at radius 1 is 1.00 bits per heavy atom. The Kier molecular flexibility index (Phi) is 3.89. The maximum atomic E-state index is 5.82. The van der Waals surface area contributed by atoms with Gasteiger partial charge in [-0.25, -0.2) is 4.68 Å². The van der Waals surface area contributed by atoms with Crippen molar-refractivity contribution in [2.45, 2.75) is 6.54 Å². The molecule has 0 spiro atoms. The summed E-state index contributed by atoms with van der Waals surface area (Å²) in [5.74, 6) is 0. The van der Waals surface area contributed by atoms with Crippen molar-refractivity contribution in [2.24, 2.45) is 5.73 Å². The van der Waals surface area contributed by atoms with Gasteiger partial charge in [-0.05, 0) is 24.3 Å². The van der Waals surface area contributed by atoms with Gasteiger partial charge in [0, 0.05) is 31.9 Å². The molecule has 0 radical (unpaired) electrons. The molecule has 2 aromatic carbocycles. The van der Waals surface area contributed by atoms with Crippen molar-refractivity contribution in [3.63, 3.8) is 0 Å². The second-order valence-electron chi connectivity index (χ2n) is 5.28. The van der Waals surface area contributed by atoms with E-state index in [-0.39, 0.29) is 0 Å². The number of hydrogen-bond donors (Lipinski definition) is 1. The first kappa shape index (κ1) is 14.3. The van der Waals surface area contributed by atoms with Crippen LogP contribution in [0.5, 0.6) is 0 Å². The highest BCUT2D eigenvalue weighted by Crippen LogP contribution is 2.25. The largest absolute Gasteiger partial charge is 0.378 e. The van der Waals surface area contributed by atoms with Crippen molar-refractivity contribution in [2.75, 3.05) is 19.0 Å². The molecular formula is C17H19N5. The molecule has 5 heteroatoms. The summed E-state index contributed by atoms with van der Waals surface area (Å²) in [6.45, 7) is 0.361. The summed E-state index contributed by atoms with van der Waals surface area (Å²) in [7, 11) is 4.04. The average Bonchev–Trinajstić information content (AvgIpc) is 2.99. The predicted molar refractivity (Wildman–Crippen MR) is 89.0 cm³/mol. The van der Waals surface area contributed by atoms with Crippen molar-refractivity contribution >= 4 is 5.69 Å². The topological polar surface area (TPSA) is 60.0 Å². The molecule has 0 aliphatic rings. The molecule has 0 amide bonds. The van der Waals surface area contributed by atoms with E-state index in [4.69, 9.17) is 5.73 Å². The lowest BCUT2D eigenvalue weighted by atomic mass is 10.1. The normalized spacial score (nSPS) is 10.7. The fourth-order valence-corrected chi connectivity index (χ4v) is 2.41. The van der Waals surface area contributed by atoms with Crippen LogP contribution in [0.2, 0.25) is 0 Å². The highest BCUT2D eigenvalue weighted by atomic mass is 15.4. The molecule has 0 unspecified atom stereocenters. The summed E-state index contributed by atoms with van der Waals surface area (Å²) >= 11 is 0. The van der Waals surface area contributed by atoms with Crippen molar-refractivity contribution in [3.8, 4) is 16.9 Å². The van der Waals surface area contributed by atoms with Gasteiger partial charge in [0.25, 0.3) is 0 Å². The molecule has 3 aromatic rings. The summed E-state index contributed by atoms with van der Waals surface area (Å²) in [6.07, 6.45) is 0. The van der Waals surface area contributed by atoms with Crippen LogP contribution in [-0.2, 0) is 6.54 Å². The monoisotopic (exact) mass is 293 g/mol. The molecular weight excluding hydrogens is 274 g/mol. The van der Waals surface area contributed by atoms with E-state index in [0.29, 0.717) is 6.54 Å². The summed E-state index contributed by atoms with van der Waals surface area (Å²) < 4.78 is 1.84. The second-order valence-corrected chi connectivity index (χ2v) is 5.28. The van der Waals surface area contributed by atoms with E-state index < -0.39 is 0 Å². The Balaban J connectivity index is 2.10. The van der Waals surface area contributed by atoms with Gasteiger partial charge in [-0.3, -0.25) is 0 Å². The van der Waals surface area contributed by atoms with Gasteiger partial charge in [-0.2, -0.15) is 0 Å². The van der Waals surface area contributed by atoms with Gasteiger partial charge in [-0.1, -0.05) is 35.5 Å². The van der Waals surface area contributed by atoms with Gasteiger partial charge in [0.1, 0.15) is 5.69 Å². The maximum Gasteiger partial charge on any atom is 0.105 e. The summed E-state index contributed by atoms with van der Waals surface area (Å²) in [5.41, 5.74) is 10.7. The maximum absolute atomic E-state index is 5.82. The molecule has 0 atom stereocenters. The van der Waals surface area contributed by atoms with Crippen molar-refractivity contribution < 1.29 is 0 Å². The Morgan fingerprint density at radius 2 is 1.68 bits per heavy atom. The first-order valence-electron chi connectivity index (χ1n) is 7.18. The summed E-state index contributed by atoms with van der Waals surface area (Å²) in [6, 6.07) is 18.3. The van der Waals surface area contributed by atoms with Gasteiger partial charge < -0.3 is 10.6 Å². The number of benzene rings is 2. The number of nitrogens with zero attached hydrogens (tertiary/aromatic N) is 4. The van der Waals surface area contributed by atoms with Crippen LogP contribution in [0, 0.1) is 0 Å². The van der Waals surface area contributed by atoms with E-state index in [0.717, 1.165) is 28.3 Å². The second kappa shape index (κ2) is 5.99. The first-order valence-corrected chi connectivity index (χ1v) is 7.18. The molecule has 1 aromatic heterocycles. The van der Waals surface area contributed by atoms with E-state index >= 15 is 0 Å². The number of anilines is 1. The molecule has 22 heavy (non-hydrogen) atoms. The lowest BCUT2D eigenvalue weighted by molar-refractivity contribution is 0.800. The molecule has 2 N–H and O–H groups in total. The fourth-order valence-electron chi connectivity index (χ4n) is 2.41. The lowest BCUT2D eigenvalue weighted by Gasteiger charge is -2.13. The minimum Gasteiger partial charge on any atom is -0.378 e. The third kappa shape index (κ3) is 2.58. The van der Waals surface area contributed by atoms with Crippen LogP contribution in [0.1, 0.15) is 5.69 Å². The average molecular weight is 293 g/mol. The highest BCUT2D eigenvalue weighted by molar-refractivity contribution is 5.64. The van der Waals surface area contributed by atoms with Gasteiger partial charge in [0.05, 0.1) is 11.4 Å². The quantitative estimate of drug-likeness (QED) is 0.802. The molecule has 0 aliphatic heterocycles. The van der Waals surface area contributed by atoms with Crippen LogP contribution in [0.15, 0.2) is 54.6 Å². The van der Waals surface area contributed by atoms with E-state index in [1.54, 1.807) is 0 Å². The van der Waals surface area contributed by atoms with Gasteiger partial charge in [0.2, 0.25) is 0 Å². The Bertz CT molecular complexity index is 744. The molecule has 0 aliphatic carbocycles. The molecule has 3 rings (SSSR count). The Morgan fingerprint density at radius 3 is 2.27 bits per heavy atom. The standard InChI is InChI=1S/C17H19N5/c1-21(2)14-8-10-15(11-9-14)22-17(16(12-18)19-20-22)13-6-4-3-5-7-13/h3-11H,12,18H2,1-2H3. The van der Waals surface area contributed by atoms with Crippen LogP contribution in [0.3, 0.4) is 0 Å². The predicted octanol–water partition coefficient (Wildman–Crippen LogP) is 2.46. The van der Waals surface area contributed by atoms with Crippen LogP contribution in [0.25, 0.3) is 16.9 Å². The van der Waals surface area contributed by atoms with Gasteiger partial charge >= 0.3 is 0 Å². The number of rotatable bonds is 4. The van der Waals surface area contributed by atoms with E-state index in [1.165, 1.54) is 0 Å². The zero-order valence-electron chi connectivity index (χ0n) is 12.8. The lowest BCUT2D eigenvalue weighted by Crippen LogP contribution is -2.08. The van der Waals surface area contributed by atoms with Crippen molar-refractivity contribution in [3.05, 3.63) is 60.3 Å². The first-order chi connectivity index (χ1) is 10.7. The molecule has 5 nitrogen and oxygen atoms in total. The molecule has 112 valence electrons. The molecule has 0 bridgehead atoms. The molecule has 0 saturated carbocycles. The van der Waals surface area contributed by atoms with Gasteiger partial charge in [-0.15, -0.1) is 5.10 Å². The Hall–Kier alpha value is -2.66. The third-order valence-corrected chi connectivity index (χ3v) is 3.59.